The number of rotatable bonds is 5. The number of aryl methyl sites for hydroxylation is 2. The van der Waals surface area contributed by atoms with E-state index in [4.69, 9.17) is 4.42 Å². The van der Waals surface area contributed by atoms with Crippen molar-refractivity contribution in [3.8, 4) is 17.0 Å². The summed E-state index contributed by atoms with van der Waals surface area (Å²) in [6, 6.07) is 21.1. The Kier molecular flexibility index (Phi) is 5.22. The Morgan fingerprint density at radius 3 is 2.53 bits per heavy atom. The van der Waals surface area contributed by atoms with E-state index >= 15 is 0 Å². The number of carbonyl (C=O) groups is 2. The van der Waals surface area contributed by atoms with Crippen molar-refractivity contribution in [3.63, 3.8) is 0 Å². The Balaban J connectivity index is 1.50. The fourth-order valence-electron chi connectivity index (χ4n) is 3.79. The number of carbonyl (C=O) groups excluding carboxylic acids is 2. The molecule has 1 amide bonds. The molecule has 2 heterocycles. The molecule has 0 fully saturated rings. The molecule has 0 aliphatic rings. The second-order valence-corrected chi connectivity index (χ2v) is 8.09. The smallest absolute Gasteiger partial charge is 0.273 e. The second-order valence-electron chi connectivity index (χ2n) is 8.09. The van der Waals surface area contributed by atoms with Crippen LogP contribution in [0.4, 0.5) is 5.69 Å². The fraction of sp³-hybridized carbons (Fsp3) is 0.0741. The van der Waals surface area contributed by atoms with Gasteiger partial charge in [-0.25, -0.2) is 0 Å². The third-order valence-electron chi connectivity index (χ3n) is 5.69. The number of para-hydroxylation sites is 2. The minimum Gasteiger partial charge on any atom is -0.507 e. The zero-order chi connectivity index (χ0) is 23.8. The van der Waals surface area contributed by atoms with E-state index in [1.54, 1.807) is 61.5 Å². The molecule has 0 aliphatic carbocycles. The van der Waals surface area contributed by atoms with Gasteiger partial charge in [-0.15, -0.1) is 0 Å². The van der Waals surface area contributed by atoms with Crippen LogP contribution in [0, 0.1) is 13.8 Å². The SMILES string of the molecule is Cc1ccc(C(=O)c2oc3ccccc3c2NC(=O)c2cc(-c3cccc(C)c3O)n[nH]2)cc1. The highest BCUT2D eigenvalue weighted by atomic mass is 16.3. The molecular formula is C27H21N3O4. The summed E-state index contributed by atoms with van der Waals surface area (Å²) in [5, 5.41) is 20.7. The van der Waals surface area contributed by atoms with Crippen LogP contribution >= 0.6 is 0 Å². The highest BCUT2D eigenvalue weighted by Gasteiger charge is 2.24. The number of nitrogens with one attached hydrogen (secondary N) is 2. The first-order chi connectivity index (χ1) is 16.4. The lowest BCUT2D eigenvalue weighted by atomic mass is 10.1. The molecule has 34 heavy (non-hydrogen) atoms. The van der Waals surface area contributed by atoms with Crippen molar-refractivity contribution in [2.45, 2.75) is 13.8 Å². The van der Waals surface area contributed by atoms with Gasteiger partial charge in [0.15, 0.2) is 5.76 Å². The molecule has 0 atom stereocenters. The molecule has 0 unspecified atom stereocenters. The first-order valence-corrected chi connectivity index (χ1v) is 10.7. The average Bonchev–Trinajstić information content (AvgIpc) is 3.47. The number of nitrogens with zero attached hydrogens (tertiary/aromatic N) is 1. The number of hydrogen-bond acceptors (Lipinski definition) is 5. The highest BCUT2D eigenvalue weighted by molar-refractivity contribution is 6.18. The highest BCUT2D eigenvalue weighted by Crippen LogP contribution is 2.34. The van der Waals surface area contributed by atoms with Gasteiger partial charge in [-0.05, 0) is 43.7 Å². The van der Waals surface area contributed by atoms with Crippen LogP contribution in [0.2, 0.25) is 0 Å². The summed E-state index contributed by atoms with van der Waals surface area (Å²) in [6.45, 7) is 3.73. The van der Waals surface area contributed by atoms with Crippen LogP contribution in [-0.2, 0) is 0 Å². The second kappa shape index (κ2) is 8.37. The number of aromatic nitrogens is 2. The molecule has 5 aromatic rings. The average molecular weight is 451 g/mol. The van der Waals surface area contributed by atoms with Crippen molar-refractivity contribution in [2.75, 3.05) is 5.32 Å². The Morgan fingerprint density at radius 1 is 0.971 bits per heavy atom. The molecule has 2 aromatic heterocycles. The number of ketones is 1. The van der Waals surface area contributed by atoms with Gasteiger partial charge >= 0.3 is 0 Å². The van der Waals surface area contributed by atoms with Crippen LogP contribution in [0.15, 0.2) is 77.2 Å². The molecule has 0 saturated heterocycles. The van der Waals surface area contributed by atoms with Crippen LogP contribution in [0.25, 0.3) is 22.2 Å². The van der Waals surface area contributed by atoms with Gasteiger partial charge in [-0.3, -0.25) is 14.7 Å². The molecule has 3 aromatic carbocycles. The third-order valence-corrected chi connectivity index (χ3v) is 5.69. The number of fused-ring (bicyclic) bond motifs is 1. The number of amides is 1. The Hall–Kier alpha value is -4.65. The number of hydrogen-bond donors (Lipinski definition) is 3. The first-order valence-electron chi connectivity index (χ1n) is 10.7. The van der Waals surface area contributed by atoms with E-state index < -0.39 is 5.91 Å². The van der Waals surface area contributed by atoms with Gasteiger partial charge in [-0.2, -0.15) is 5.10 Å². The summed E-state index contributed by atoms with van der Waals surface area (Å²) >= 11 is 0. The predicted molar refractivity (Wildman–Crippen MR) is 129 cm³/mol. The number of aromatic hydroxyl groups is 1. The van der Waals surface area contributed by atoms with Crippen molar-refractivity contribution >= 4 is 28.3 Å². The molecule has 0 radical (unpaired) electrons. The summed E-state index contributed by atoms with van der Waals surface area (Å²) in [5.41, 5.74) is 4.09. The van der Waals surface area contributed by atoms with Crippen LogP contribution in [0.3, 0.4) is 0 Å². The number of phenols is 1. The lowest BCUT2D eigenvalue weighted by Crippen LogP contribution is -2.14. The molecule has 3 N–H and O–H groups in total. The van der Waals surface area contributed by atoms with E-state index in [2.05, 4.69) is 15.5 Å². The standard InChI is InChI=1S/C27H21N3O4/c1-15-10-12-17(13-11-15)25(32)26-23(19-7-3-4-9-22(19)34-26)28-27(33)21-14-20(29-30-21)18-8-5-6-16(2)24(18)31/h3-14,31H,1-2H3,(H,28,33)(H,29,30). The largest absolute Gasteiger partial charge is 0.507 e. The van der Waals surface area contributed by atoms with Gasteiger partial charge in [0.1, 0.15) is 17.0 Å². The minimum absolute atomic E-state index is 0.0504. The van der Waals surface area contributed by atoms with Crippen molar-refractivity contribution in [1.29, 1.82) is 0 Å². The van der Waals surface area contributed by atoms with Crippen molar-refractivity contribution < 1.29 is 19.1 Å². The van der Waals surface area contributed by atoms with Gasteiger partial charge in [0.05, 0.1) is 11.4 Å². The predicted octanol–water partition coefficient (Wildman–Crippen LogP) is 5.63. The van der Waals surface area contributed by atoms with Gasteiger partial charge < -0.3 is 14.8 Å². The molecule has 0 bridgehead atoms. The van der Waals surface area contributed by atoms with Crippen LogP contribution in [-0.4, -0.2) is 27.0 Å². The minimum atomic E-state index is -0.490. The van der Waals surface area contributed by atoms with Crippen LogP contribution in [0.5, 0.6) is 5.75 Å². The molecule has 0 spiro atoms. The quantitative estimate of drug-likeness (QED) is 0.300. The van der Waals surface area contributed by atoms with Gasteiger partial charge in [0.2, 0.25) is 5.78 Å². The van der Waals surface area contributed by atoms with Crippen molar-refractivity contribution in [2.24, 2.45) is 0 Å². The Bertz CT molecular complexity index is 1540. The monoisotopic (exact) mass is 451 g/mol. The first kappa shape index (κ1) is 21.2. The van der Waals surface area contributed by atoms with Gasteiger partial charge in [0.25, 0.3) is 5.91 Å². The summed E-state index contributed by atoms with van der Waals surface area (Å²) in [4.78, 5) is 26.3. The maximum absolute atomic E-state index is 13.2. The summed E-state index contributed by atoms with van der Waals surface area (Å²) in [5.74, 6) is -0.667. The molecule has 168 valence electrons. The Morgan fingerprint density at radius 2 is 1.74 bits per heavy atom. The zero-order valence-electron chi connectivity index (χ0n) is 18.5. The molecule has 7 heteroatoms. The zero-order valence-corrected chi connectivity index (χ0v) is 18.5. The number of phenolic OH excluding ortho intramolecular Hbond substituents is 1. The van der Waals surface area contributed by atoms with Crippen molar-refractivity contribution in [3.05, 3.63) is 101 Å². The topological polar surface area (TPSA) is 108 Å². The molecule has 5 rings (SSSR count). The van der Waals surface area contributed by atoms with E-state index in [1.807, 2.05) is 25.1 Å². The number of aromatic amines is 1. The lowest BCUT2D eigenvalue weighted by molar-refractivity contribution is 0.101. The van der Waals surface area contributed by atoms with E-state index in [9.17, 15) is 14.7 Å². The normalized spacial score (nSPS) is 11.0. The molecular weight excluding hydrogens is 430 g/mol. The van der Waals surface area contributed by atoms with Crippen molar-refractivity contribution in [1.82, 2.24) is 10.2 Å². The number of furan rings is 1. The molecule has 0 saturated carbocycles. The molecule has 7 nitrogen and oxygen atoms in total. The number of benzene rings is 3. The summed E-state index contributed by atoms with van der Waals surface area (Å²) in [7, 11) is 0. The lowest BCUT2D eigenvalue weighted by Gasteiger charge is -2.05. The van der Waals surface area contributed by atoms with E-state index in [-0.39, 0.29) is 23.0 Å². The fourth-order valence-corrected chi connectivity index (χ4v) is 3.79. The Labute approximate surface area is 195 Å². The van der Waals surface area contributed by atoms with Crippen LogP contribution < -0.4 is 5.32 Å². The maximum atomic E-state index is 13.2. The maximum Gasteiger partial charge on any atom is 0.273 e. The summed E-state index contributed by atoms with van der Waals surface area (Å²) < 4.78 is 5.86. The number of H-pyrrole nitrogens is 1. The van der Waals surface area contributed by atoms with Gasteiger partial charge in [0, 0.05) is 16.5 Å². The van der Waals surface area contributed by atoms with E-state index in [0.717, 1.165) is 5.56 Å². The third kappa shape index (κ3) is 3.73. The van der Waals surface area contributed by atoms with Crippen LogP contribution in [0.1, 0.15) is 37.7 Å². The van der Waals surface area contributed by atoms with Gasteiger partial charge in [-0.1, -0.05) is 54.1 Å². The molecule has 0 aliphatic heterocycles. The van der Waals surface area contributed by atoms with E-state index in [1.165, 1.54) is 0 Å². The van der Waals surface area contributed by atoms with E-state index in [0.29, 0.717) is 39.0 Å². The summed E-state index contributed by atoms with van der Waals surface area (Å²) in [6.07, 6.45) is 0. The number of anilines is 1.